The standard InChI is InChI=1S/C27H21F3N4O3/c1-36-17-8-6-15(23(10-17)37-2)13-34-14-22-26(27(34)35)21(33-24-9-7-16(28)12-31-24)11-20(32-22)25-18(29)4-3-5-19(25)30/h3-12H,13-14H2,1-2H3,(H,31,32,33). The molecule has 2 aromatic heterocycles. The van der Waals surface area contributed by atoms with E-state index in [4.69, 9.17) is 9.47 Å². The number of nitrogens with zero attached hydrogens (tertiary/aromatic N) is 3. The first-order valence-corrected chi connectivity index (χ1v) is 11.2. The number of amides is 1. The van der Waals surface area contributed by atoms with Gasteiger partial charge >= 0.3 is 0 Å². The Kier molecular flexibility index (Phi) is 6.39. The van der Waals surface area contributed by atoms with E-state index in [-0.39, 0.29) is 47.3 Å². The lowest BCUT2D eigenvalue weighted by Gasteiger charge is -2.18. The number of halogens is 3. The molecule has 0 bridgehead atoms. The number of methoxy groups -OCH3 is 2. The summed E-state index contributed by atoms with van der Waals surface area (Å²) in [7, 11) is 3.06. The van der Waals surface area contributed by atoms with E-state index in [1.165, 1.54) is 31.4 Å². The Morgan fingerprint density at radius 1 is 0.973 bits per heavy atom. The smallest absolute Gasteiger partial charge is 0.258 e. The molecule has 0 spiro atoms. The number of rotatable bonds is 7. The lowest BCUT2D eigenvalue weighted by molar-refractivity contribution is 0.0766. The first-order valence-electron chi connectivity index (χ1n) is 11.2. The van der Waals surface area contributed by atoms with E-state index in [2.05, 4.69) is 15.3 Å². The van der Waals surface area contributed by atoms with Crippen LogP contribution < -0.4 is 14.8 Å². The van der Waals surface area contributed by atoms with E-state index in [0.29, 0.717) is 17.2 Å². The number of hydrogen-bond donors (Lipinski definition) is 1. The van der Waals surface area contributed by atoms with Crippen molar-refractivity contribution in [2.24, 2.45) is 0 Å². The van der Waals surface area contributed by atoms with Gasteiger partial charge in [0.05, 0.1) is 61.7 Å². The van der Waals surface area contributed by atoms with Gasteiger partial charge in [0, 0.05) is 11.6 Å². The molecule has 37 heavy (non-hydrogen) atoms. The van der Waals surface area contributed by atoms with Crippen LogP contribution in [-0.4, -0.2) is 35.0 Å². The summed E-state index contributed by atoms with van der Waals surface area (Å²) in [6.45, 7) is 0.290. The van der Waals surface area contributed by atoms with Crippen LogP contribution in [0.25, 0.3) is 11.3 Å². The number of nitrogens with one attached hydrogen (secondary N) is 1. The first-order chi connectivity index (χ1) is 17.9. The Hall–Kier alpha value is -4.60. The number of aromatic nitrogens is 2. The summed E-state index contributed by atoms with van der Waals surface area (Å²) < 4.78 is 53.3. The Morgan fingerprint density at radius 2 is 1.76 bits per heavy atom. The number of carbonyl (C=O) groups excluding carboxylic acids is 1. The Labute approximate surface area is 210 Å². The average molecular weight is 506 g/mol. The molecule has 10 heteroatoms. The highest BCUT2D eigenvalue weighted by Crippen LogP contribution is 2.36. The van der Waals surface area contributed by atoms with Crippen LogP contribution in [0.4, 0.5) is 24.7 Å². The molecule has 0 atom stereocenters. The van der Waals surface area contributed by atoms with Crippen molar-refractivity contribution in [3.63, 3.8) is 0 Å². The van der Waals surface area contributed by atoms with Crippen molar-refractivity contribution in [2.75, 3.05) is 19.5 Å². The van der Waals surface area contributed by atoms with E-state index in [1.807, 2.05) is 0 Å². The van der Waals surface area contributed by atoms with Crippen LogP contribution in [0.15, 0.2) is 60.8 Å². The summed E-state index contributed by atoms with van der Waals surface area (Å²) in [5.41, 5.74) is 1.25. The van der Waals surface area contributed by atoms with Gasteiger partial charge < -0.3 is 19.7 Å². The van der Waals surface area contributed by atoms with E-state index < -0.39 is 17.5 Å². The number of fused-ring (bicyclic) bond motifs is 1. The van der Waals surface area contributed by atoms with Crippen molar-refractivity contribution in [2.45, 2.75) is 13.1 Å². The lowest BCUT2D eigenvalue weighted by Crippen LogP contribution is -2.24. The molecule has 7 nitrogen and oxygen atoms in total. The number of carbonyl (C=O) groups is 1. The molecule has 188 valence electrons. The van der Waals surface area contributed by atoms with Gasteiger partial charge in [-0.15, -0.1) is 0 Å². The van der Waals surface area contributed by atoms with Crippen LogP contribution in [-0.2, 0) is 13.1 Å². The van der Waals surface area contributed by atoms with Gasteiger partial charge in [-0.1, -0.05) is 6.07 Å². The molecule has 5 rings (SSSR count). The maximum absolute atomic E-state index is 14.6. The third-order valence-corrected chi connectivity index (χ3v) is 6.00. The molecular formula is C27H21F3N4O3. The molecular weight excluding hydrogens is 485 g/mol. The van der Waals surface area contributed by atoms with Gasteiger partial charge in [-0.2, -0.15) is 0 Å². The minimum atomic E-state index is -0.789. The summed E-state index contributed by atoms with van der Waals surface area (Å²) in [4.78, 5) is 23.5. The number of anilines is 2. The fourth-order valence-corrected chi connectivity index (χ4v) is 4.23. The van der Waals surface area contributed by atoms with Crippen molar-refractivity contribution in [1.82, 2.24) is 14.9 Å². The zero-order chi connectivity index (χ0) is 26.1. The minimum absolute atomic E-state index is 0.00985. The van der Waals surface area contributed by atoms with Gasteiger partial charge in [0.15, 0.2) is 0 Å². The Balaban J connectivity index is 1.56. The van der Waals surface area contributed by atoms with E-state index in [0.717, 1.165) is 23.9 Å². The van der Waals surface area contributed by atoms with Crippen molar-refractivity contribution in [3.05, 3.63) is 95.1 Å². The molecule has 1 N–H and O–H groups in total. The highest BCUT2D eigenvalue weighted by atomic mass is 19.1. The van der Waals surface area contributed by atoms with Crippen molar-refractivity contribution >= 4 is 17.4 Å². The zero-order valence-corrected chi connectivity index (χ0v) is 19.9. The Bertz CT molecular complexity index is 1480. The van der Waals surface area contributed by atoms with Crippen LogP contribution in [0, 0.1) is 17.5 Å². The molecule has 0 aliphatic carbocycles. The van der Waals surface area contributed by atoms with Gasteiger partial charge in [0.1, 0.15) is 34.8 Å². The summed E-state index contributed by atoms with van der Waals surface area (Å²) in [6, 6.07) is 12.8. The second-order valence-corrected chi connectivity index (χ2v) is 8.30. The SMILES string of the molecule is COc1ccc(CN2Cc3nc(-c4c(F)cccc4F)cc(Nc4ccc(F)cn4)c3C2=O)c(OC)c1. The van der Waals surface area contributed by atoms with Gasteiger partial charge in [-0.3, -0.25) is 4.79 Å². The quantitative estimate of drug-likeness (QED) is 0.358. The van der Waals surface area contributed by atoms with Crippen LogP contribution in [0.5, 0.6) is 11.5 Å². The van der Waals surface area contributed by atoms with Crippen molar-refractivity contribution in [3.8, 4) is 22.8 Å². The fraction of sp³-hybridized carbons (Fsp3) is 0.148. The van der Waals surface area contributed by atoms with Crippen molar-refractivity contribution in [1.29, 1.82) is 0 Å². The van der Waals surface area contributed by atoms with Crippen LogP contribution in [0.1, 0.15) is 21.6 Å². The second kappa shape index (κ2) is 9.81. The molecule has 0 radical (unpaired) electrons. The van der Waals surface area contributed by atoms with Crippen molar-refractivity contribution < 1.29 is 27.4 Å². The van der Waals surface area contributed by atoms with Gasteiger partial charge in [0.25, 0.3) is 5.91 Å². The number of hydrogen-bond acceptors (Lipinski definition) is 6. The molecule has 1 aliphatic rings. The summed E-state index contributed by atoms with van der Waals surface area (Å²) in [5, 5.41) is 2.98. The van der Waals surface area contributed by atoms with Gasteiger partial charge in [-0.05, 0) is 42.5 Å². The normalized spacial score (nSPS) is 12.5. The molecule has 0 saturated carbocycles. The fourth-order valence-electron chi connectivity index (χ4n) is 4.23. The van der Waals surface area contributed by atoms with E-state index in [9.17, 15) is 18.0 Å². The molecule has 0 unspecified atom stereocenters. The third-order valence-electron chi connectivity index (χ3n) is 6.00. The van der Waals surface area contributed by atoms with Crippen LogP contribution in [0.3, 0.4) is 0 Å². The van der Waals surface area contributed by atoms with Gasteiger partial charge in [-0.25, -0.2) is 23.1 Å². The van der Waals surface area contributed by atoms with Crippen LogP contribution >= 0.6 is 0 Å². The monoisotopic (exact) mass is 506 g/mol. The summed E-state index contributed by atoms with van der Waals surface area (Å²) in [5.74, 6) is -1.06. The highest BCUT2D eigenvalue weighted by Gasteiger charge is 2.33. The largest absolute Gasteiger partial charge is 0.497 e. The van der Waals surface area contributed by atoms with E-state index >= 15 is 0 Å². The van der Waals surface area contributed by atoms with Crippen LogP contribution in [0.2, 0.25) is 0 Å². The number of benzene rings is 2. The first kappa shape index (κ1) is 24.1. The molecule has 4 aromatic rings. The Morgan fingerprint density at radius 3 is 2.43 bits per heavy atom. The maximum atomic E-state index is 14.6. The number of ether oxygens (including phenoxy) is 2. The molecule has 2 aromatic carbocycles. The number of pyridine rings is 2. The molecule has 1 amide bonds. The molecule has 3 heterocycles. The minimum Gasteiger partial charge on any atom is -0.497 e. The average Bonchev–Trinajstić information content (AvgIpc) is 3.20. The molecule has 0 fully saturated rings. The third kappa shape index (κ3) is 4.65. The summed E-state index contributed by atoms with van der Waals surface area (Å²) >= 11 is 0. The van der Waals surface area contributed by atoms with E-state index in [1.54, 1.807) is 30.2 Å². The summed E-state index contributed by atoms with van der Waals surface area (Å²) in [6.07, 6.45) is 1.02. The zero-order valence-electron chi connectivity index (χ0n) is 19.9. The predicted octanol–water partition coefficient (Wildman–Crippen LogP) is 5.48. The molecule has 1 aliphatic heterocycles. The highest BCUT2D eigenvalue weighted by molar-refractivity contribution is 6.04. The van der Waals surface area contributed by atoms with Gasteiger partial charge in [0.2, 0.25) is 0 Å². The lowest BCUT2D eigenvalue weighted by atomic mass is 10.1. The topological polar surface area (TPSA) is 76.6 Å². The maximum Gasteiger partial charge on any atom is 0.258 e. The predicted molar refractivity (Wildman–Crippen MR) is 130 cm³/mol. The molecule has 0 saturated heterocycles. The second-order valence-electron chi connectivity index (χ2n) is 8.30.